The van der Waals surface area contributed by atoms with Crippen molar-refractivity contribution in [1.82, 2.24) is 26.0 Å². The highest BCUT2D eigenvalue weighted by Crippen LogP contribution is 2.13. The van der Waals surface area contributed by atoms with E-state index in [0.717, 1.165) is 6.26 Å². The maximum Gasteiger partial charge on any atom is 0.407 e. The Bertz CT molecular complexity index is 1300. The van der Waals surface area contributed by atoms with E-state index in [1.54, 1.807) is 58.9 Å². The predicted molar refractivity (Wildman–Crippen MR) is 176 cm³/mol. The summed E-state index contributed by atoms with van der Waals surface area (Å²) in [6.45, 7) is 8.77. The molecule has 1 aromatic carbocycles. The van der Waals surface area contributed by atoms with Crippen molar-refractivity contribution in [3.05, 3.63) is 29.8 Å². The third-order valence-electron chi connectivity index (χ3n) is 6.51. The number of hydrogen-bond donors (Lipinski definition) is 8. The van der Waals surface area contributed by atoms with Crippen LogP contribution in [-0.2, 0) is 35.8 Å². The van der Waals surface area contributed by atoms with Gasteiger partial charge in [0, 0.05) is 18.8 Å². The predicted octanol–water partition coefficient (Wildman–Crippen LogP) is 0.804. The van der Waals surface area contributed by atoms with Crippen LogP contribution in [0.5, 0.6) is 0 Å². The summed E-state index contributed by atoms with van der Waals surface area (Å²) in [5.74, 6) is -2.42. The van der Waals surface area contributed by atoms with Crippen LogP contribution >= 0.6 is 0 Å². The first-order valence-corrected chi connectivity index (χ1v) is 17.3. The molecule has 0 aliphatic heterocycles. The fourth-order valence-corrected chi connectivity index (χ4v) is 4.98. The van der Waals surface area contributed by atoms with Gasteiger partial charge in [0.25, 0.3) is 0 Å². The molecule has 17 heteroatoms. The van der Waals surface area contributed by atoms with Crippen molar-refractivity contribution in [3.63, 3.8) is 0 Å². The Labute approximate surface area is 276 Å². The third kappa shape index (κ3) is 18.1. The highest BCUT2D eigenvalue weighted by Gasteiger charge is 2.31. The lowest BCUT2D eigenvalue weighted by atomic mass is 10.0. The first-order valence-electron chi connectivity index (χ1n) is 15.4. The van der Waals surface area contributed by atoms with Gasteiger partial charge in [-0.1, -0.05) is 26.0 Å². The van der Waals surface area contributed by atoms with E-state index in [-0.39, 0.29) is 39.0 Å². The van der Waals surface area contributed by atoms with Crippen LogP contribution < -0.4 is 37.0 Å². The molecular formula is C30H51N7O9S. The Morgan fingerprint density at radius 1 is 0.851 bits per heavy atom. The SMILES string of the molecule is CC(C)[C@H](NC(=O)[C@H](CCCCNC(=O)OC(C)(C)C)NS(C)(=O)=O)C(=O)N[C@@H](CCCNC(N)=O)C(=O)Nc1ccc(CO)cc1. The van der Waals surface area contributed by atoms with Gasteiger partial charge in [-0.25, -0.2) is 22.7 Å². The summed E-state index contributed by atoms with van der Waals surface area (Å²) in [4.78, 5) is 62.9. The van der Waals surface area contributed by atoms with Crippen LogP contribution in [0.4, 0.5) is 15.3 Å². The number of hydrogen-bond acceptors (Lipinski definition) is 9. The van der Waals surface area contributed by atoms with E-state index in [2.05, 4.69) is 31.3 Å². The second kappa shape index (κ2) is 19.6. The molecule has 9 N–H and O–H groups in total. The Morgan fingerprint density at radius 3 is 1.98 bits per heavy atom. The van der Waals surface area contributed by atoms with Crippen molar-refractivity contribution in [2.24, 2.45) is 11.7 Å². The second-order valence-corrected chi connectivity index (χ2v) is 14.2. The monoisotopic (exact) mass is 685 g/mol. The van der Waals surface area contributed by atoms with E-state index in [9.17, 15) is 37.5 Å². The van der Waals surface area contributed by atoms with Gasteiger partial charge in [-0.15, -0.1) is 0 Å². The number of carbonyl (C=O) groups is 5. The topological polar surface area (TPSA) is 247 Å². The largest absolute Gasteiger partial charge is 0.444 e. The van der Waals surface area contributed by atoms with Gasteiger partial charge in [-0.05, 0) is 76.5 Å². The number of carbonyl (C=O) groups excluding carboxylic acids is 5. The molecule has 0 aromatic heterocycles. The summed E-state index contributed by atoms with van der Waals surface area (Å²) in [5.41, 5.74) is 5.52. The van der Waals surface area contributed by atoms with Gasteiger partial charge in [-0.2, -0.15) is 0 Å². The zero-order chi connectivity index (χ0) is 35.8. The molecular weight excluding hydrogens is 634 g/mol. The average Bonchev–Trinajstić information content (AvgIpc) is 2.94. The Kier molecular flexibility index (Phi) is 17.2. The zero-order valence-corrected chi connectivity index (χ0v) is 28.8. The van der Waals surface area contributed by atoms with Crippen LogP contribution in [0.25, 0.3) is 0 Å². The van der Waals surface area contributed by atoms with Gasteiger partial charge in [0.2, 0.25) is 27.7 Å². The van der Waals surface area contributed by atoms with Crippen LogP contribution in [0.3, 0.4) is 0 Å². The number of alkyl carbamates (subject to hydrolysis) is 1. The quantitative estimate of drug-likeness (QED) is 0.0959. The van der Waals surface area contributed by atoms with Gasteiger partial charge < -0.3 is 42.2 Å². The van der Waals surface area contributed by atoms with Gasteiger partial charge in [0.1, 0.15) is 23.7 Å². The molecule has 1 rings (SSSR count). The van der Waals surface area contributed by atoms with Crippen molar-refractivity contribution in [1.29, 1.82) is 0 Å². The Hall–Kier alpha value is -3.96. The number of nitrogens with one attached hydrogen (secondary N) is 6. The number of ether oxygens (including phenoxy) is 1. The smallest absolute Gasteiger partial charge is 0.407 e. The van der Waals surface area contributed by atoms with E-state index in [0.29, 0.717) is 24.1 Å². The molecule has 3 atom stereocenters. The normalized spacial score (nSPS) is 13.5. The molecule has 16 nitrogen and oxygen atoms in total. The van der Waals surface area contributed by atoms with Gasteiger partial charge in [0.05, 0.1) is 12.9 Å². The van der Waals surface area contributed by atoms with Crippen molar-refractivity contribution < 1.29 is 42.2 Å². The molecule has 0 saturated heterocycles. The molecule has 0 fully saturated rings. The molecule has 0 heterocycles. The zero-order valence-electron chi connectivity index (χ0n) is 28.0. The summed E-state index contributed by atoms with van der Waals surface area (Å²) in [6.07, 6.45) is 1.57. The van der Waals surface area contributed by atoms with Gasteiger partial charge in [-0.3, -0.25) is 14.4 Å². The minimum absolute atomic E-state index is 0.0777. The molecule has 0 radical (unpaired) electrons. The number of benzene rings is 1. The van der Waals surface area contributed by atoms with E-state index >= 15 is 0 Å². The fourth-order valence-electron chi connectivity index (χ4n) is 4.24. The van der Waals surface area contributed by atoms with E-state index in [1.165, 1.54) is 0 Å². The Morgan fingerprint density at radius 2 is 1.45 bits per heavy atom. The summed E-state index contributed by atoms with van der Waals surface area (Å²) in [5, 5.41) is 22.3. The highest BCUT2D eigenvalue weighted by atomic mass is 32.2. The first kappa shape index (κ1) is 41.1. The van der Waals surface area contributed by atoms with Crippen LogP contribution in [0.2, 0.25) is 0 Å². The molecule has 0 aliphatic carbocycles. The first-order chi connectivity index (χ1) is 21.8. The molecule has 6 amide bonds. The lowest BCUT2D eigenvalue weighted by molar-refractivity contribution is -0.132. The highest BCUT2D eigenvalue weighted by molar-refractivity contribution is 7.88. The number of urea groups is 1. The molecule has 0 saturated carbocycles. The molecule has 0 spiro atoms. The summed E-state index contributed by atoms with van der Waals surface area (Å²) in [6, 6.07) is 2.29. The molecule has 0 aliphatic rings. The summed E-state index contributed by atoms with van der Waals surface area (Å²) >= 11 is 0. The maximum atomic E-state index is 13.5. The van der Waals surface area contributed by atoms with Gasteiger partial charge >= 0.3 is 12.1 Å². The molecule has 47 heavy (non-hydrogen) atoms. The molecule has 0 bridgehead atoms. The van der Waals surface area contributed by atoms with Crippen molar-refractivity contribution in [2.75, 3.05) is 24.7 Å². The minimum atomic E-state index is -3.81. The number of aliphatic hydroxyl groups is 1. The van der Waals surface area contributed by atoms with Crippen molar-refractivity contribution >= 4 is 45.6 Å². The second-order valence-electron chi connectivity index (χ2n) is 12.4. The maximum absolute atomic E-state index is 13.5. The average molecular weight is 686 g/mol. The van der Waals surface area contributed by atoms with Crippen LogP contribution in [-0.4, -0.2) is 86.4 Å². The standard InChI is InChI=1S/C30H51N7O9S/c1-19(2)24(36-26(40)23(37-47(6,44)45)10-7-8-16-33-29(43)46-30(3,4)5)27(41)35-22(11-9-17-32-28(31)42)25(39)34-21-14-12-20(18-38)13-15-21/h12-15,19,22-24,37-38H,7-11,16-18H2,1-6H3,(H,33,43)(H,34,39)(H,35,41)(H,36,40)(H3,31,32,42)/t22-,23-,24-/m0/s1. The van der Waals surface area contributed by atoms with E-state index in [1.807, 2.05) is 0 Å². The van der Waals surface area contributed by atoms with Crippen molar-refractivity contribution in [3.8, 4) is 0 Å². The van der Waals surface area contributed by atoms with E-state index in [4.69, 9.17) is 10.5 Å². The lowest BCUT2D eigenvalue weighted by Gasteiger charge is -2.27. The fraction of sp³-hybridized carbons (Fsp3) is 0.633. The van der Waals surface area contributed by atoms with Crippen LogP contribution in [0.15, 0.2) is 24.3 Å². The molecule has 0 unspecified atom stereocenters. The summed E-state index contributed by atoms with van der Waals surface area (Å²) < 4.78 is 31.6. The van der Waals surface area contributed by atoms with Gasteiger partial charge in [0.15, 0.2) is 0 Å². The lowest BCUT2D eigenvalue weighted by Crippen LogP contribution is -2.57. The number of sulfonamides is 1. The number of aliphatic hydroxyl groups excluding tert-OH is 1. The molecule has 1 aromatic rings. The van der Waals surface area contributed by atoms with Crippen LogP contribution in [0, 0.1) is 5.92 Å². The minimum Gasteiger partial charge on any atom is -0.444 e. The molecule has 266 valence electrons. The van der Waals surface area contributed by atoms with Crippen LogP contribution in [0.1, 0.15) is 72.3 Å². The number of rotatable bonds is 19. The summed E-state index contributed by atoms with van der Waals surface area (Å²) in [7, 11) is -3.81. The number of nitrogens with two attached hydrogens (primary N) is 1. The number of unbranched alkanes of at least 4 members (excludes halogenated alkanes) is 1. The number of amides is 6. The van der Waals surface area contributed by atoms with E-state index < -0.39 is 69.5 Å². The number of anilines is 1. The third-order valence-corrected chi connectivity index (χ3v) is 7.23. The Balaban J connectivity index is 2.98. The van der Waals surface area contributed by atoms with Crippen molar-refractivity contribution in [2.45, 2.75) is 97.1 Å². The number of primary amides is 1.